The molecule has 3 heterocycles. The van der Waals surface area contributed by atoms with Crippen molar-refractivity contribution < 1.29 is 9.90 Å². The predicted molar refractivity (Wildman–Crippen MR) is 96.2 cm³/mol. The molecule has 0 aliphatic carbocycles. The molecule has 2 N–H and O–H groups in total. The number of imidazole rings is 1. The molecule has 1 aromatic carbocycles. The van der Waals surface area contributed by atoms with Gasteiger partial charge in [0.25, 0.3) is 5.91 Å². The lowest BCUT2D eigenvalue weighted by Crippen LogP contribution is -2.39. The van der Waals surface area contributed by atoms with Crippen LogP contribution in [-0.2, 0) is 13.6 Å². The van der Waals surface area contributed by atoms with Crippen LogP contribution in [0.25, 0.3) is 0 Å². The number of carbonyl (C=O) groups excluding carboxylic acids is 1. The van der Waals surface area contributed by atoms with Crippen LogP contribution in [0.2, 0.25) is 5.02 Å². The molecule has 0 saturated carbocycles. The van der Waals surface area contributed by atoms with Crippen LogP contribution in [0.1, 0.15) is 39.1 Å². The summed E-state index contributed by atoms with van der Waals surface area (Å²) in [5, 5.41) is 14.4. The molecular formula is C18H18ClN5O2. The maximum absolute atomic E-state index is 13.1. The molecule has 2 aromatic heterocycles. The fourth-order valence-electron chi connectivity index (χ4n) is 3.49. The van der Waals surface area contributed by atoms with E-state index >= 15 is 0 Å². The first-order chi connectivity index (χ1) is 12.5. The van der Waals surface area contributed by atoms with Gasteiger partial charge in [0.1, 0.15) is 11.4 Å². The number of carbonyl (C=O) groups is 1. The first kappa shape index (κ1) is 16.7. The standard InChI is InChI=1S/C18H18ClN5O2/c1-10-15(19)17(23(2)22-10)18(26)24-7-13(11-4-3-5-12(25)6-11)16-14(8-24)20-9-21-16/h3-6,9,13,25H,7-8H2,1-2H3,(H,20,21). The number of aromatic hydroxyl groups is 1. The highest BCUT2D eigenvalue weighted by molar-refractivity contribution is 6.34. The van der Waals surface area contributed by atoms with Crippen molar-refractivity contribution in [3.05, 3.63) is 64.0 Å². The lowest BCUT2D eigenvalue weighted by Gasteiger charge is -2.32. The average Bonchev–Trinajstić information content (AvgIpc) is 3.18. The van der Waals surface area contributed by atoms with Gasteiger partial charge in [0.15, 0.2) is 0 Å². The summed E-state index contributed by atoms with van der Waals surface area (Å²) in [5.41, 5.74) is 3.69. The number of phenolic OH excluding ortho intramolecular Hbond substituents is 1. The van der Waals surface area contributed by atoms with Gasteiger partial charge in [0.2, 0.25) is 0 Å². The van der Waals surface area contributed by atoms with E-state index in [9.17, 15) is 9.90 Å². The van der Waals surface area contributed by atoms with Crippen LogP contribution in [0.3, 0.4) is 0 Å². The fourth-order valence-corrected chi connectivity index (χ4v) is 3.74. The van der Waals surface area contributed by atoms with E-state index in [1.54, 1.807) is 43.4 Å². The molecule has 7 nitrogen and oxygen atoms in total. The van der Waals surface area contributed by atoms with Crippen molar-refractivity contribution in [2.45, 2.75) is 19.4 Å². The highest BCUT2D eigenvalue weighted by Gasteiger charge is 2.34. The van der Waals surface area contributed by atoms with Crippen LogP contribution in [0.4, 0.5) is 0 Å². The number of nitrogens with zero attached hydrogens (tertiary/aromatic N) is 4. The van der Waals surface area contributed by atoms with Crippen LogP contribution in [-0.4, -0.2) is 42.2 Å². The molecule has 0 radical (unpaired) electrons. The minimum atomic E-state index is -0.177. The van der Waals surface area contributed by atoms with Crippen molar-refractivity contribution in [1.29, 1.82) is 0 Å². The van der Waals surface area contributed by atoms with Gasteiger partial charge >= 0.3 is 0 Å². The second-order valence-electron chi connectivity index (χ2n) is 6.47. The molecule has 1 unspecified atom stereocenters. The molecule has 8 heteroatoms. The number of benzene rings is 1. The highest BCUT2D eigenvalue weighted by atomic mass is 35.5. The fraction of sp³-hybridized carbons (Fsp3) is 0.278. The van der Waals surface area contributed by atoms with E-state index in [1.807, 2.05) is 6.07 Å². The van der Waals surface area contributed by atoms with E-state index in [0.717, 1.165) is 17.0 Å². The van der Waals surface area contributed by atoms with Gasteiger partial charge in [-0.3, -0.25) is 9.48 Å². The van der Waals surface area contributed by atoms with Crippen molar-refractivity contribution in [2.24, 2.45) is 7.05 Å². The maximum Gasteiger partial charge on any atom is 0.274 e. The first-order valence-electron chi connectivity index (χ1n) is 8.25. The van der Waals surface area contributed by atoms with Crippen molar-refractivity contribution >= 4 is 17.5 Å². The number of aryl methyl sites for hydroxylation is 2. The third kappa shape index (κ3) is 2.64. The van der Waals surface area contributed by atoms with Gasteiger partial charge in [0.05, 0.1) is 35.0 Å². The molecule has 0 fully saturated rings. The number of rotatable bonds is 2. The molecule has 0 bridgehead atoms. The average molecular weight is 372 g/mol. The summed E-state index contributed by atoms with van der Waals surface area (Å²) in [7, 11) is 1.71. The Bertz CT molecular complexity index is 993. The molecule has 0 spiro atoms. The van der Waals surface area contributed by atoms with Crippen LogP contribution < -0.4 is 0 Å². The van der Waals surface area contributed by atoms with Crippen LogP contribution in [0.5, 0.6) is 5.75 Å². The molecule has 1 atom stereocenters. The number of aromatic nitrogens is 4. The van der Waals surface area contributed by atoms with E-state index in [4.69, 9.17) is 11.6 Å². The first-order valence-corrected chi connectivity index (χ1v) is 8.63. The molecule has 0 saturated heterocycles. The van der Waals surface area contributed by atoms with E-state index in [-0.39, 0.29) is 17.6 Å². The minimum Gasteiger partial charge on any atom is -0.508 e. The molecular weight excluding hydrogens is 354 g/mol. The monoisotopic (exact) mass is 371 g/mol. The molecule has 1 aliphatic heterocycles. The summed E-state index contributed by atoms with van der Waals surface area (Å²) in [6.45, 7) is 2.64. The zero-order valence-corrected chi connectivity index (χ0v) is 15.2. The maximum atomic E-state index is 13.1. The second kappa shape index (κ2) is 6.17. The predicted octanol–water partition coefficient (Wildman–Crippen LogP) is 2.60. The van der Waals surface area contributed by atoms with Crippen molar-refractivity contribution in [3.8, 4) is 5.75 Å². The Hall–Kier alpha value is -2.80. The molecule has 134 valence electrons. The topological polar surface area (TPSA) is 87.0 Å². The zero-order chi connectivity index (χ0) is 18.4. The second-order valence-corrected chi connectivity index (χ2v) is 6.85. The number of phenols is 1. The normalized spacial score (nSPS) is 16.6. The number of aromatic amines is 1. The Morgan fingerprint density at radius 1 is 1.42 bits per heavy atom. The van der Waals surface area contributed by atoms with Gasteiger partial charge in [0, 0.05) is 19.5 Å². The Labute approximate surface area is 155 Å². The SMILES string of the molecule is Cc1nn(C)c(C(=O)N2Cc3[nH]cnc3C(c3cccc(O)c3)C2)c1Cl. The zero-order valence-electron chi connectivity index (χ0n) is 14.4. The van der Waals surface area contributed by atoms with E-state index < -0.39 is 0 Å². The number of H-pyrrole nitrogens is 1. The van der Waals surface area contributed by atoms with Crippen LogP contribution >= 0.6 is 11.6 Å². The summed E-state index contributed by atoms with van der Waals surface area (Å²) in [6, 6.07) is 7.05. The van der Waals surface area contributed by atoms with Crippen LogP contribution in [0, 0.1) is 6.92 Å². The van der Waals surface area contributed by atoms with Gasteiger partial charge in [-0.25, -0.2) is 4.98 Å². The summed E-state index contributed by atoms with van der Waals surface area (Å²) in [5.74, 6) is -0.119. The highest BCUT2D eigenvalue weighted by Crippen LogP contribution is 2.34. The van der Waals surface area contributed by atoms with Gasteiger partial charge in [-0.15, -0.1) is 0 Å². The molecule has 4 rings (SSSR count). The number of amides is 1. The van der Waals surface area contributed by atoms with Gasteiger partial charge < -0.3 is 15.0 Å². The number of nitrogens with one attached hydrogen (secondary N) is 1. The van der Waals surface area contributed by atoms with Crippen molar-refractivity contribution in [1.82, 2.24) is 24.6 Å². The number of hydrogen-bond donors (Lipinski definition) is 2. The Morgan fingerprint density at radius 2 is 2.23 bits per heavy atom. The molecule has 1 amide bonds. The van der Waals surface area contributed by atoms with E-state index in [1.165, 1.54) is 4.68 Å². The van der Waals surface area contributed by atoms with Crippen LogP contribution in [0.15, 0.2) is 30.6 Å². The van der Waals surface area contributed by atoms with Gasteiger partial charge in [-0.1, -0.05) is 23.7 Å². The van der Waals surface area contributed by atoms with E-state index in [2.05, 4.69) is 15.1 Å². The van der Waals surface area contributed by atoms with Crippen molar-refractivity contribution in [3.63, 3.8) is 0 Å². The quantitative estimate of drug-likeness (QED) is 0.724. The number of fused-ring (bicyclic) bond motifs is 1. The summed E-state index contributed by atoms with van der Waals surface area (Å²) in [4.78, 5) is 22.4. The largest absolute Gasteiger partial charge is 0.508 e. The Balaban J connectivity index is 1.73. The third-order valence-electron chi connectivity index (χ3n) is 4.75. The summed E-state index contributed by atoms with van der Waals surface area (Å²) >= 11 is 6.30. The smallest absolute Gasteiger partial charge is 0.274 e. The third-order valence-corrected chi connectivity index (χ3v) is 5.20. The number of halogens is 1. The lowest BCUT2D eigenvalue weighted by molar-refractivity contribution is 0.0711. The molecule has 1 aliphatic rings. The van der Waals surface area contributed by atoms with E-state index in [0.29, 0.717) is 29.5 Å². The number of hydrogen-bond acceptors (Lipinski definition) is 4. The summed E-state index contributed by atoms with van der Waals surface area (Å²) < 4.78 is 1.52. The minimum absolute atomic E-state index is 0.130. The lowest BCUT2D eigenvalue weighted by atomic mass is 9.90. The molecule has 3 aromatic rings. The summed E-state index contributed by atoms with van der Waals surface area (Å²) in [6.07, 6.45) is 1.63. The van der Waals surface area contributed by atoms with Crippen molar-refractivity contribution in [2.75, 3.05) is 6.54 Å². The molecule has 26 heavy (non-hydrogen) atoms. The van der Waals surface area contributed by atoms with Gasteiger partial charge in [-0.2, -0.15) is 5.10 Å². The Kier molecular flexibility index (Phi) is 3.96. The Morgan fingerprint density at radius 3 is 2.92 bits per heavy atom. The van der Waals surface area contributed by atoms with Gasteiger partial charge in [-0.05, 0) is 24.6 Å².